The lowest BCUT2D eigenvalue weighted by atomic mass is 10.1. The molecule has 0 aliphatic carbocycles. The number of nitrogens with one attached hydrogen (secondary N) is 2. The molecule has 2 amide bonds. The number of carboxylic acid groups (broad SMARTS) is 1. The van der Waals surface area contributed by atoms with E-state index >= 15 is 0 Å². The van der Waals surface area contributed by atoms with Gasteiger partial charge in [0, 0.05) is 0 Å². The van der Waals surface area contributed by atoms with Gasteiger partial charge >= 0.3 is 18.1 Å². The highest BCUT2D eigenvalue weighted by Crippen LogP contribution is 2.13. The highest BCUT2D eigenvalue weighted by atomic mass is 19.4. The van der Waals surface area contributed by atoms with Crippen LogP contribution in [0, 0.1) is 5.92 Å². The van der Waals surface area contributed by atoms with E-state index in [9.17, 15) is 27.6 Å². The molecule has 6 nitrogen and oxygen atoms in total. The molecule has 0 rings (SSSR count). The number of carbonyl (C=O) groups excluding carboxylic acids is 2. The summed E-state index contributed by atoms with van der Waals surface area (Å²) in [5.74, 6) is -5.01. The molecule has 0 heterocycles. The molecule has 3 N–H and O–H groups in total. The SMILES string of the molecule is CC(C)[C@@H](NC(=O)CNC(=O)C(F)(F)F)C(=O)O. The summed E-state index contributed by atoms with van der Waals surface area (Å²) in [7, 11) is 0. The first kappa shape index (κ1) is 16.2. The molecule has 1 atom stereocenters. The molecule has 104 valence electrons. The van der Waals surface area contributed by atoms with E-state index in [0.717, 1.165) is 0 Å². The third kappa shape index (κ3) is 5.51. The van der Waals surface area contributed by atoms with Crippen molar-refractivity contribution in [2.75, 3.05) is 6.54 Å². The molecule has 0 radical (unpaired) electrons. The largest absolute Gasteiger partial charge is 0.480 e. The predicted molar refractivity (Wildman–Crippen MR) is 53.5 cm³/mol. The Morgan fingerprint density at radius 1 is 1.22 bits per heavy atom. The first-order valence-corrected chi connectivity index (χ1v) is 4.93. The first-order chi connectivity index (χ1) is 8.05. The number of hydrogen-bond donors (Lipinski definition) is 3. The summed E-state index contributed by atoms with van der Waals surface area (Å²) in [6, 6.07) is -1.22. The molecule has 0 aromatic carbocycles. The fourth-order valence-corrected chi connectivity index (χ4v) is 0.999. The number of amides is 2. The van der Waals surface area contributed by atoms with Gasteiger partial charge in [-0.2, -0.15) is 13.2 Å². The topological polar surface area (TPSA) is 95.5 Å². The van der Waals surface area contributed by atoms with Crippen molar-refractivity contribution in [3.8, 4) is 0 Å². The zero-order valence-corrected chi connectivity index (χ0v) is 9.67. The number of hydrogen-bond acceptors (Lipinski definition) is 3. The van der Waals surface area contributed by atoms with Gasteiger partial charge in [-0.1, -0.05) is 13.8 Å². The standard InChI is InChI=1S/C9H13F3N2O4/c1-4(2)6(7(16)17)14-5(15)3-13-8(18)9(10,11)12/h4,6H,3H2,1-2H3,(H,13,18)(H,14,15)(H,16,17)/t6-/m1/s1. The van der Waals surface area contributed by atoms with Gasteiger partial charge in [-0.05, 0) is 5.92 Å². The smallest absolute Gasteiger partial charge is 0.471 e. The van der Waals surface area contributed by atoms with Gasteiger partial charge in [0.25, 0.3) is 0 Å². The fourth-order valence-electron chi connectivity index (χ4n) is 0.999. The number of carboxylic acids is 1. The Bertz CT molecular complexity index is 341. The van der Waals surface area contributed by atoms with Crippen molar-refractivity contribution in [2.45, 2.75) is 26.1 Å². The van der Waals surface area contributed by atoms with Gasteiger partial charge in [0.1, 0.15) is 6.04 Å². The molecule has 0 aliphatic heterocycles. The van der Waals surface area contributed by atoms with Crippen LogP contribution in [-0.4, -0.2) is 41.7 Å². The van der Waals surface area contributed by atoms with E-state index in [1.165, 1.54) is 19.2 Å². The Morgan fingerprint density at radius 2 is 1.72 bits per heavy atom. The average Bonchev–Trinajstić information content (AvgIpc) is 2.19. The van der Waals surface area contributed by atoms with Crippen LogP contribution in [0.2, 0.25) is 0 Å². The highest BCUT2D eigenvalue weighted by molar-refractivity contribution is 5.89. The maximum atomic E-state index is 11.8. The highest BCUT2D eigenvalue weighted by Gasteiger charge is 2.38. The molecule has 0 aromatic rings. The molecule has 0 fully saturated rings. The summed E-state index contributed by atoms with van der Waals surface area (Å²) in [6.07, 6.45) is -5.08. The van der Waals surface area contributed by atoms with Gasteiger partial charge in [-0.15, -0.1) is 0 Å². The normalized spacial score (nSPS) is 13.0. The van der Waals surface area contributed by atoms with Crippen molar-refractivity contribution in [3.05, 3.63) is 0 Å². The Morgan fingerprint density at radius 3 is 2.06 bits per heavy atom. The second kappa shape index (κ2) is 6.22. The van der Waals surface area contributed by atoms with Gasteiger partial charge < -0.3 is 15.7 Å². The van der Waals surface area contributed by atoms with Crippen LogP contribution in [0.3, 0.4) is 0 Å². The zero-order valence-electron chi connectivity index (χ0n) is 9.67. The minimum atomic E-state index is -5.08. The van der Waals surface area contributed by atoms with Gasteiger partial charge in [0.2, 0.25) is 5.91 Å². The van der Waals surface area contributed by atoms with Crippen LogP contribution in [0.1, 0.15) is 13.8 Å². The lowest BCUT2D eigenvalue weighted by Gasteiger charge is -2.18. The lowest BCUT2D eigenvalue weighted by molar-refractivity contribution is -0.173. The van der Waals surface area contributed by atoms with Crippen LogP contribution in [0.25, 0.3) is 0 Å². The number of rotatable bonds is 5. The molecule has 0 aromatic heterocycles. The molecular weight excluding hydrogens is 257 g/mol. The van der Waals surface area contributed by atoms with Crippen molar-refractivity contribution < 1.29 is 32.7 Å². The Labute approximate surface area is 101 Å². The molecular formula is C9H13F3N2O4. The van der Waals surface area contributed by atoms with Crippen molar-refractivity contribution in [3.63, 3.8) is 0 Å². The summed E-state index contributed by atoms with van der Waals surface area (Å²) < 4.78 is 35.3. The molecule has 0 saturated heterocycles. The summed E-state index contributed by atoms with van der Waals surface area (Å²) in [5.41, 5.74) is 0. The van der Waals surface area contributed by atoms with E-state index in [1.54, 1.807) is 0 Å². The molecule has 0 aliphatic rings. The monoisotopic (exact) mass is 270 g/mol. The Hall–Kier alpha value is -1.80. The Kier molecular flexibility index (Phi) is 5.60. The van der Waals surface area contributed by atoms with Crippen LogP contribution >= 0.6 is 0 Å². The summed E-state index contributed by atoms with van der Waals surface area (Å²) in [5, 5.41) is 12.1. The maximum Gasteiger partial charge on any atom is 0.471 e. The molecule has 9 heteroatoms. The number of alkyl halides is 3. The van der Waals surface area contributed by atoms with Gasteiger partial charge in [-0.3, -0.25) is 9.59 Å². The third-order valence-electron chi connectivity index (χ3n) is 1.92. The second-order valence-corrected chi connectivity index (χ2v) is 3.81. The van der Waals surface area contributed by atoms with E-state index in [-0.39, 0.29) is 0 Å². The maximum absolute atomic E-state index is 11.8. The summed E-state index contributed by atoms with van der Waals surface area (Å²) in [6.45, 7) is 2.11. The second-order valence-electron chi connectivity index (χ2n) is 3.81. The quantitative estimate of drug-likeness (QED) is 0.649. The Balaban J connectivity index is 4.28. The minimum absolute atomic E-state index is 0.440. The van der Waals surface area contributed by atoms with E-state index in [4.69, 9.17) is 5.11 Å². The predicted octanol–water partition coefficient (Wildman–Crippen LogP) is -0.110. The minimum Gasteiger partial charge on any atom is -0.480 e. The van der Waals surface area contributed by atoms with Crippen LogP contribution in [0.5, 0.6) is 0 Å². The molecule has 0 bridgehead atoms. The first-order valence-electron chi connectivity index (χ1n) is 4.93. The summed E-state index contributed by atoms with van der Waals surface area (Å²) >= 11 is 0. The van der Waals surface area contributed by atoms with Crippen molar-refractivity contribution in [2.24, 2.45) is 5.92 Å². The molecule has 0 spiro atoms. The van der Waals surface area contributed by atoms with Crippen LogP contribution in [-0.2, 0) is 14.4 Å². The van der Waals surface area contributed by atoms with Crippen molar-refractivity contribution >= 4 is 17.8 Å². The van der Waals surface area contributed by atoms with Crippen LogP contribution in [0.15, 0.2) is 0 Å². The van der Waals surface area contributed by atoms with E-state index in [2.05, 4.69) is 0 Å². The van der Waals surface area contributed by atoms with Gasteiger partial charge in [0.15, 0.2) is 0 Å². The lowest BCUT2D eigenvalue weighted by Crippen LogP contribution is -2.49. The third-order valence-corrected chi connectivity index (χ3v) is 1.92. The number of halogens is 3. The van der Waals surface area contributed by atoms with E-state index in [0.29, 0.717) is 0 Å². The van der Waals surface area contributed by atoms with Crippen LogP contribution in [0.4, 0.5) is 13.2 Å². The van der Waals surface area contributed by atoms with Crippen molar-refractivity contribution in [1.29, 1.82) is 0 Å². The molecule has 0 unspecified atom stereocenters. The van der Waals surface area contributed by atoms with E-state index in [1.807, 2.05) is 5.32 Å². The molecule has 18 heavy (non-hydrogen) atoms. The zero-order chi connectivity index (χ0) is 14.5. The number of aliphatic carboxylic acids is 1. The van der Waals surface area contributed by atoms with Gasteiger partial charge in [-0.25, -0.2) is 4.79 Å². The number of carbonyl (C=O) groups is 3. The average molecular weight is 270 g/mol. The van der Waals surface area contributed by atoms with Crippen LogP contribution < -0.4 is 10.6 Å². The van der Waals surface area contributed by atoms with E-state index < -0.39 is 42.5 Å². The summed E-state index contributed by atoms with van der Waals surface area (Å²) in [4.78, 5) is 32.2. The molecule has 0 saturated carbocycles. The fraction of sp³-hybridized carbons (Fsp3) is 0.667. The van der Waals surface area contributed by atoms with Crippen molar-refractivity contribution in [1.82, 2.24) is 10.6 Å². The van der Waals surface area contributed by atoms with Gasteiger partial charge in [0.05, 0.1) is 6.54 Å².